The molecule has 1 heteroatoms. The maximum absolute atomic E-state index is 1.50. The Hall–Kier alpha value is 0.0649. The van der Waals surface area contributed by atoms with Crippen LogP contribution in [0.3, 0.4) is 0 Å². The molecule has 0 spiro atoms. The van der Waals surface area contributed by atoms with Gasteiger partial charge in [-0.3, -0.25) is 0 Å². The van der Waals surface area contributed by atoms with Gasteiger partial charge in [-0.2, -0.15) is 0 Å². The van der Waals surface area contributed by atoms with Crippen molar-refractivity contribution < 1.29 is 0 Å². The highest BCUT2D eigenvalue weighted by Gasteiger charge is 1.98. The Labute approximate surface area is 27.5 Å². The maximum Gasteiger partial charge on any atom is 0.120 e. The molecule has 0 saturated carbocycles. The van der Waals surface area contributed by atoms with Gasteiger partial charge >= 0.3 is 0 Å². The summed E-state index contributed by atoms with van der Waals surface area (Å²) in [5, 5.41) is 0. The minimum absolute atomic E-state index is 1.50. The Balaban J connectivity index is 2.00. The van der Waals surface area contributed by atoms with Gasteiger partial charge in [0.15, 0.2) is 0 Å². The molecule has 1 saturated heterocycles. The molecule has 1 aliphatic heterocycles. The lowest BCUT2D eigenvalue weighted by Gasteiger charge is -2.03. The van der Waals surface area contributed by atoms with E-state index < -0.39 is 0 Å². The zero-order valence-electron chi connectivity index (χ0n) is 2.83. The third kappa shape index (κ3) is 0.142. The molecule has 0 atom stereocenters. The van der Waals surface area contributed by atoms with Crippen LogP contribution in [0.2, 0.25) is 12.6 Å². The third-order valence-electron chi connectivity index (χ3n) is 1.000. The van der Waals surface area contributed by atoms with Crippen LogP contribution in [0.4, 0.5) is 0 Å². The fraction of sp³-hybridized carbons (Fsp3) is 1.00. The van der Waals surface area contributed by atoms with Gasteiger partial charge in [-0.1, -0.05) is 19.1 Å². The Bertz CT molecular complexity index is 11.2. The lowest BCUT2D eigenvalue weighted by Crippen LogP contribution is -1.98. The summed E-state index contributed by atoms with van der Waals surface area (Å²) < 4.78 is 0. The number of hydrogen-bond acceptors (Lipinski definition) is 0. The molecule has 0 aromatic rings. The van der Waals surface area contributed by atoms with Crippen molar-refractivity contribution in [2.24, 2.45) is 0 Å². The van der Waals surface area contributed by atoms with Crippen LogP contribution in [-0.2, 0) is 0 Å². The summed E-state index contributed by atoms with van der Waals surface area (Å²) in [4.78, 5) is 0. The van der Waals surface area contributed by atoms with E-state index in [-0.39, 0.29) is 0 Å². The van der Waals surface area contributed by atoms with E-state index in [0.29, 0.717) is 0 Å². The van der Waals surface area contributed by atoms with Gasteiger partial charge in [0.25, 0.3) is 0 Å². The Kier molecular flexibility index (Phi) is 0.457. The van der Waals surface area contributed by atoms with Crippen LogP contribution in [0, 0.1) is 0 Å². The van der Waals surface area contributed by atoms with Gasteiger partial charge in [0.2, 0.25) is 0 Å². The summed E-state index contributed by atoms with van der Waals surface area (Å²) in [6.07, 6.45) is 4.50. The first-order chi connectivity index (χ1) is 2.00. The highest BCUT2D eigenvalue weighted by atomic mass is 13.8. The van der Waals surface area contributed by atoms with Gasteiger partial charge in [-0.15, -0.1) is 0 Å². The zero-order valence-corrected chi connectivity index (χ0v) is 2.83. The van der Waals surface area contributed by atoms with E-state index in [4.69, 9.17) is 0 Å². The zero-order chi connectivity index (χ0) is 2.83. The van der Waals surface area contributed by atoms with Crippen LogP contribution < -0.4 is 0 Å². The molecule has 0 aliphatic carbocycles. The Morgan fingerprint density at radius 1 is 1.25 bits per heavy atom. The predicted octanol–water partition coefficient (Wildman–Crippen LogP) is 0.663. The fourth-order valence-electron chi connectivity index (χ4n) is 0.250. The molecule has 0 bridgehead atoms. The normalized spacial score (nSPS) is 22.0. The molecule has 4 heavy (non-hydrogen) atoms. The topological polar surface area (TPSA) is 0 Å². The van der Waals surface area contributed by atoms with Gasteiger partial charge in [0.05, 0.1) is 0 Å². The third-order valence-corrected chi connectivity index (χ3v) is 1.000. The largest absolute Gasteiger partial charge is 0.120 e. The molecule has 1 aliphatic rings. The van der Waals surface area contributed by atoms with Crippen molar-refractivity contribution in [3.8, 4) is 0 Å². The summed E-state index contributed by atoms with van der Waals surface area (Å²) in [7, 11) is 1.50. The van der Waals surface area contributed by atoms with Crippen LogP contribution in [0.15, 0.2) is 0 Å². The van der Waals surface area contributed by atoms with E-state index in [0.717, 1.165) is 0 Å². The molecule has 0 radical (unpaired) electrons. The summed E-state index contributed by atoms with van der Waals surface area (Å²) in [5.41, 5.74) is 0. The van der Waals surface area contributed by atoms with Crippen molar-refractivity contribution in [2.45, 2.75) is 19.1 Å². The molecule has 0 aromatic heterocycles. The molecule has 0 unspecified atom stereocenters. The molecule has 1 heterocycles. The van der Waals surface area contributed by atoms with E-state index in [1.165, 1.54) is 26.3 Å². The smallest absolute Gasteiger partial charge is 0.0781 e. The van der Waals surface area contributed by atoms with Gasteiger partial charge in [-0.25, -0.2) is 0 Å². The maximum atomic E-state index is 1.50. The first-order valence-electron chi connectivity index (χ1n) is 2.00. The van der Waals surface area contributed by atoms with Crippen LogP contribution in [0.5, 0.6) is 0 Å². The number of hydrogen-bond donors (Lipinski definition) is 0. The first kappa shape index (κ1) is 2.31. The van der Waals surface area contributed by atoms with Crippen molar-refractivity contribution >= 4 is 7.28 Å². The van der Waals surface area contributed by atoms with Crippen LogP contribution in [-0.4, -0.2) is 7.28 Å². The average Bonchev–Trinajstić information content (AvgIpc) is 0.722. The van der Waals surface area contributed by atoms with Gasteiger partial charge < -0.3 is 0 Å². The van der Waals surface area contributed by atoms with Crippen molar-refractivity contribution in [1.29, 1.82) is 0 Å². The van der Waals surface area contributed by atoms with Gasteiger partial charge in [0.1, 0.15) is 7.28 Å². The molecule has 1 rings (SSSR count). The number of rotatable bonds is 0. The van der Waals surface area contributed by atoms with Crippen molar-refractivity contribution in [2.75, 3.05) is 0 Å². The average molecular weight is 53.9 g/mol. The van der Waals surface area contributed by atoms with Crippen LogP contribution in [0.25, 0.3) is 0 Å². The molecule has 0 aromatic carbocycles. The monoisotopic (exact) mass is 54.1 g/mol. The predicted molar refractivity (Wildman–Crippen MR) is 21.4 cm³/mol. The van der Waals surface area contributed by atoms with Gasteiger partial charge in [-0.05, 0) is 0 Å². The highest BCUT2D eigenvalue weighted by molar-refractivity contribution is 6.38. The summed E-state index contributed by atoms with van der Waals surface area (Å²) >= 11 is 0. The van der Waals surface area contributed by atoms with Gasteiger partial charge in [0, 0.05) is 0 Å². The standard InChI is InChI=1S/C3H7B/c1-2-4-3-1/h4H,1-3H2. The fourth-order valence-corrected chi connectivity index (χ4v) is 0.250. The SMILES string of the molecule is B1CCC1. The van der Waals surface area contributed by atoms with Crippen LogP contribution >= 0.6 is 0 Å². The molecule has 0 nitrogen and oxygen atoms in total. The Morgan fingerprint density at radius 2 is 1.50 bits per heavy atom. The van der Waals surface area contributed by atoms with Crippen molar-refractivity contribution in [3.63, 3.8) is 0 Å². The van der Waals surface area contributed by atoms with Crippen LogP contribution in [0.1, 0.15) is 6.42 Å². The quantitative estimate of drug-likeness (QED) is 0.356. The van der Waals surface area contributed by atoms with Crippen molar-refractivity contribution in [1.82, 2.24) is 0 Å². The molecule has 0 amide bonds. The summed E-state index contributed by atoms with van der Waals surface area (Å²) in [6.45, 7) is 0. The van der Waals surface area contributed by atoms with E-state index in [2.05, 4.69) is 0 Å². The second-order valence-corrected chi connectivity index (χ2v) is 1.41. The minimum Gasteiger partial charge on any atom is -0.0781 e. The summed E-state index contributed by atoms with van der Waals surface area (Å²) in [6, 6.07) is 0. The molecular formula is C3H7B. The minimum atomic E-state index is 1.50. The lowest BCUT2D eigenvalue weighted by molar-refractivity contribution is 0.971. The molecular weight excluding hydrogens is 46.8 g/mol. The lowest BCUT2D eigenvalue weighted by atomic mass is 9.58. The first-order valence-corrected chi connectivity index (χ1v) is 2.00. The Morgan fingerprint density at radius 3 is 1.50 bits per heavy atom. The van der Waals surface area contributed by atoms with Crippen molar-refractivity contribution in [3.05, 3.63) is 0 Å². The molecule has 1 fully saturated rings. The second-order valence-electron chi connectivity index (χ2n) is 1.41. The molecule has 0 N–H and O–H groups in total. The van der Waals surface area contributed by atoms with E-state index in [1.807, 2.05) is 0 Å². The van der Waals surface area contributed by atoms with E-state index in [1.54, 1.807) is 0 Å². The highest BCUT2D eigenvalue weighted by Crippen LogP contribution is 2.07. The summed E-state index contributed by atoms with van der Waals surface area (Å²) in [5.74, 6) is 0. The van der Waals surface area contributed by atoms with E-state index >= 15 is 0 Å². The van der Waals surface area contributed by atoms with E-state index in [9.17, 15) is 0 Å². The molecule has 22 valence electrons. The second kappa shape index (κ2) is 0.791.